The van der Waals surface area contributed by atoms with Crippen LogP contribution in [0.5, 0.6) is 0 Å². The van der Waals surface area contributed by atoms with Crippen LogP contribution in [0.2, 0.25) is 0 Å². The van der Waals surface area contributed by atoms with Gasteiger partial charge in [0.2, 0.25) is 0 Å². The van der Waals surface area contributed by atoms with Crippen LogP contribution in [0.1, 0.15) is 39.0 Å². The number of ether oxygens (including phenoxy) is 2. The summed E-state index contributed by atoms with van der Waals surface area (Å²) in [7, 11) is 1.80. The third-order valence-electron chi connectivity index (χ3n) is 6.52. The molecule has 0 bridgehead atoms. The van der Waals surface area contributed by atoms with Crippen molar-refractivity contribution in [2.45, 2.75) is 44.6 Å². The van der Waals surface area contributed by atoms with Crippen molar-refractivity contribution in [1.82, 2.24) is 15.5 Å². The molecule has 3 rings (SSSR count). The Kier molecular flexibility index (Phi) is 10.7. The fraction of sp³-hybridized carbons (Fsp3) is 0.950. The van der Waals surface area contributed by atoms with Crippen LogP contribution in [0.15, 0.2) is 4.99 Å². The smallest absolute Gasteiger partial charge is 0.191 e. The second kappa shape index (κ2) is 12.2. The number of hydrogen-bond acceptors (Lipinski definition) is 5. The minimum atomic E-state index is 0. The van der Waals surface area contributed by atoms with Crippen LogP contribution in [0.3, 0.4) is 0 Å². The molecule has 1 atom stereocenters. The number of guanidine groups is 1. The van der Waals surface area contributed by atoms with E-state index in [0.29, 0.717) is 5.41 Å². The molecule has 2 saturated heterocycles. The van der Waals surface area contributed by atoms with Crippen LogP contribution >= 0.6 is 35.7 Å². The molecule has 0 radical (unpaired) electrons. The van der Waals surface area contributed by atoms with Crippen molar-refractivity contribution < 1.29 is 9.47 Å². The quantitative estimate of drug-likeness (QED) is 0.274. The summed E-state index contributed by atoms with van der Waals surface area (Å²) in [5.41, 5.74) is 0.609. The van der Waals surface area contributed by atoms with Gasteiger partial charge in [0.05, 0.1) is 13.2 Å². The maximum Gasteiger partial charge on any atom is 0.191 e. The Morgan fingerprint density at radius 3 is 2.57 bits per heavy atom. The van der Waals surface area contributed by atoms with Crippen molar-refractivity contribution in [1.29, 1.82) is 0 Å². The normalized spacial score (nSPS) is 27.7. The fourth-order valence-electron chi connectivity index (χ4n) is 4.45. The van der Waals surface area contributed by atoms with Gasteiger partial charge in [0.25, 0.3) is 0 Å². The molecule has 8 heteroatoms. The zero-order chi connectivity index (χ0) is 19.0. The van der Waals surface area contributed by atoms with Gasteiger partial charge < -0.3 is 20.1 Å². The number of morpholine rings is 1. The van der Waals surface area contributed by atoms with E-state index in [1.807, 2.05) is 0 Å². The topological polar surface area (TPSA) is 58.1 Å². The largest absolute Gasteiger partial charge is 0.385 e. The van der Waals surface area contributed by atoms with E-state index in [-0.39, 0.29) is 29.5 Å². The standard InChI is InChI=1S/C20H38N4O2S.HI/c1-3-21-18(22-15-19(5-4-6-19)7-11-25-2)23-16-20(8-14-27-17-20)24-9-12-26-13-10-24;/h3-17H2,1-2H3,(H2,21,22,23);1H. The molecule has 2 aliphatic heterocycles. The van der Waals surface area contributed by atoms with Crippen molar-refractivity contribution in [3.63, 3.8) is 0 Å². The lowest BCUT2D eigenvalue weighted by atomic mass is 9.67. The molecule has 0 aromatic rings. The number of nitrogens with zero attached hydrogens (tertiary/aromatic N) is 2. The van der Waals surface area contributed by atoms with Crippen molar-refractivity contribution in [2.24, 2.45) is 10.4 Å². The van der Waals surface area contributed by atoms with Gasteiger partial charge in [0.1, 0.15) is 0 Å². The van der Waals surface area contributed by atoms with Gasteiger partial charge in [-0.05, 0) is 43.8 Å². The van der Waals surface area contributed by atoms with Crippen molar-refractivity contribution in [3.05, 3.63) is 0 Å². The maximum atomic E-state index is 5.58. The summed E-state index contributed by atoms with van der Waals surface area (Å²) in [5, 5.41) is 7.15. The first-order valence-corrected chi connectivity index (χ1v) is 11.8. The van der Waals surface area contributed by atoms with Gasteiger partial charge in [0, 0.05) is 57.7 Å². The van der Waals surface area contributed by atoms with E-state index in [1.165, 1.54) is 37.2 Å². The first-order chi connectivity index (χ1) is 13.2. The molecule has 3 fully saturated rings. The van der Waals surface area contributed by atoms with E-state index >= 15 is 0 Å². The highest BCUT2D eigenvalue weighted by molar-refractivity contribution is 14.0. The zero-order valence-corrected chi connectivity index (χ0v) is 20.8. The molecule has 3 aliphatic rings. The summed E-state index contributed by atoms with van der Waals surface area (Å²) in [6.45, 7) is 9.59. The summed E-state index contributed by atoms with van der Waals surface area (Å²) in [6, 6.07) is 0. The van der Waals surface area contributed by atoms with Crippen LogP contribution in [0.25, 0.3) is 0 Å². The van der Waals surface area contributed by atoms with Crippen LogP contribution in [0.4, 0.5) is 0 Å². The Morgan fingerprint density at radius 1 is 1.21 bits per heavy atom. The molecule has 0 aromatic carbocycles. The summed E-state index contributed by atoms with van der Waals surface area (Å²) >= 11 is 2.08. The highest BCUT2D eigenvalue weighted by Crippen LogP contribution is 2.44. The molecule has 0 amide bonds. The Bertz CT molecular complexity index is 479. The van der Waals surface area contributed by atoms with Gasteiger partial charge in [0.15, 0.2) is 5.96 Å². The molecule has 2 heterocycles. The zero-order valence-electron chi connectivity index (χ0n) is 17.6. The Hall–Kier alpha value is 0.230. The van der Waals surface area contributed by atoms with E-state index < -0.39 is 0 Å². The van der Waals surface area contributed by atoms with Crippen molar-refractivity contribution >= 4 is 41.7 Å². The summed E-state index contributed by atoms with van der Waals surface area (Å²) in [4.78, 5) is 7.64. The van der Waals surface area contributed by atoms with Crippen LogP contribution in [-0.2, 0) is 9.47 Å². The predicted octanol–water partition coefficient (Wildman–Crippen LogP) is 2.57. The van der Waals surface area contributed by atoms with E-state index in [1.54, 1.807) is 7.11 Å². The molecule has 1 saturated carbocycles. The van der Waals surface area contributed by atoms with Gasteiger partial charge in [-0.2, -0.15) is 11.8 Å². The average molecular weight is 527 g/mol. The fourth-order valence-corrected chi connectivity index (χ4v) is 5.93. The molecule has 0 spiro atoms. The minimum Gasteiger partial charge on any atom is -0.385 e. The molecule has 1 unspecified atom stereocenters. The first-order valence-electron chi connectivity index (χ1n) is 10.6. The number of halogens is 1. The van der Waals surface area contributed by atoms with Gasteiger partial charge in [-0.1, -0.05) is 6.42 Å². The summed E-state index contributed by atoms with van der Waals surface area (Å²) in [5.74, 6) is 3.44. The lowest BCUT2D eigenvalue weighted by Gasteiger charge is -2.43. The van der Waals surface area contributed by atoms with Gasteiger partial charge in [-0.25, -0.2) is 0 Å². The van der Waals surface area contributed by atoms with E-state index in [9.17, 15) is 0 Å². The highest BCUT2D eigenvalue weighted by Gasteiger charge is 2.41. The molecule has 164 valence electrons. The van der Waals surface area contributed by atoms with E-state index in [0.717, 1.165) is 64.9 Å². The Labute approximate surface area is 192 Å². The lowest BCUT2D eigenvalue weighted by molar-refractivity contribution is -0.0120. The maximum absolute atomic E-state index is 5.58. The minimum absolute atomic E-state index is 0. The summed E-state index contributed by atoms with van der Waals surface area (Å²) < 4.78 is 10.9. The molecule has 2 N–H and O–H groups in total. The van der Waals surface area contributed by atoms with Crippen molar-refractivity contribution in [2.75, 3.05) is 71.2 Å². The molecular formula is C20H39IN4O2S. The van der Waals surface area contributed by atoms with Gasteiger partial charge in [-0.15, -0.1) is 24.0 Å². The number of rotatable bonds is 9. The number of aliphatic imine (C=N–C) groups is 1. The summed E-state index contributed by atoms with van der Waals surface area (Å²) in [6.07, 6.45) is 6.28. The van der Waals surface area contributed by atoms with Gasteiger partial charge in [-0.3, -0.25) is 9.89 Å². The van der Waals surface area contributed by atoms with E-state index in [2.05, 4.69) is 34.2 Å². The third kappa shape index (κ3) is 6.36. The van der Waals surface area contributed by atoms with E-state index in [4.69, 9.17) is 14.5 Å². The SMILES string of the molecule is CCNC(=NCC1(CCOC)CCC1)NCC1(N2CCOCC2)CCSC1.I. The molecular weight excluding hydrogens is 487 g/mol. The van der Waals surface area contributed by atoms with Gasteiger partial charge >= 0.3 is 0 Å². The highest BCUT2D eigenvalue weighted by atomic mass is 127. The molecule has 28 heavy (non-hydrogen) atoms. The first kappa shape index (κ1) is 24.5. The predicted molar refractivity (Wildman–Crippen MR) is 129 cm³/mol. The van der Waals surface area contributed by atoms with Crippen LogP contribution in [-0.4, -0.2) is 87.6 Å². The number of thioether (sulfide) groups is 1. The Morgan fingerprint density at radius 2 is 2.00 bits per heavy atom. The Balaban J connectivity index is 0.00000280. The third-order valence-corrected chi connectivity index (χ3v) is 7.75. The van der Waals surface area contributed by atoms with Crippen LogP contribution in [0, 0.1) is 5.41 Å². The second-order valence-corrected chi connectivity index (χ2v) is 9.38. The van der Waals surface area contributed by atoms with Crippen molar-refractivity contribution in [3.8, 4) is 0 Å². The average Bonchev–Trinajstić information content (AvgIpc) is 3.16. The second-order valence-electron chi connectivity index (χ2n) is 8.27. The lowest BCUT2D eigenvalue weighted by Crippen LogP contribution is -2.60. The monoisotopic (exact) mass is 526 g/mol. The van der Waals surface area contributed by atoms with Crippen LogP contribution < -0.4 is 10.6 Å². The number of methoxy groups -OCH3 is 1. The molecule has 1 aliphatic carbocycles. The number of hydrogen-bond donors (Lipinski definition) is 2. The number of nitrogens with one attached hydrogen (secondary N) is 2. The molecule has 0 aromatic heterocycles. The molecule has 6 nitrogen and oxygen atoms in total.